The van der Waals surface area contributed by atoms with Crippen molar-refractivity contribution in [1.29, 1.82) is 0 Å². The van der Waals surface area contributed by atoms with Crippen molar-refractivity contribution >= 4 is 5.97 Å². The van der Waals surface area contributed by atoms with Crippen molar-refractivity contribution in [2.75, 3.05) is 0 Å². The highest BCUT2D eigenvalue weighted by molar-refractivity contribution is 5.75. The summed E-state index contributed by atoms with van der Waals surface area (Å²) in [5, 5.41) is 3.01. The first-order chi connectivity index (χ1) is 8.28. The quantitative estimate of drug-likeness (QED) is 0.838. The Hall–Kier alpha value is -1.42. The van der Waals surface area contributed by atoms with Crippen molar-refractivity contribution < 1.29 is 13.9 Å². The Morgan fingerprint density at radius 3 is 2.67 bits per heavy atom. The number of ether oxygens (including phenoxy) is 1. The lowest BCUT2D eigenvalue weighted by Gasteiger charge is -2.22. The van der Waals surface area contributed by atoms with Gasteiger partial charge in [0, 0.05) is 6.54 Å². The first-order valence-electron chi connectivity index (χ1n) is 5.98. The van der Waals surface area contributed by atoms with E-state index < -0.39 is 11.6 Å². The van der Waals surface area contributed by atoms with Crippen molar-refractivity contribution in [2.45, 2.75) is 45.9 Å². The number of nitrogens with one attached hydrogen (secondary N) is 1. The summed E-state index contributed by atoms with van der Waals surface area (Å²) >= 11 is 0. The molecule has 0 spiro atoms. The van der Waals surface area contributed by atoms with Crippen LogP contribution in [0.1, 0.15) is 33.3 Å². The maximum absolute atomic E-state index is 13.0. The number of halogens is 1. The summed E-state index contributed by atoms with van der Waals surface area (Å²) in [5.41, 5.74) is 0.303. The number of hydrogen-bond donors (Lipinski definition) is 1. The Morgan fingerprint density at radius 1 is 1.44 bits per heavy atom. The van der Waals surface area contributed by atoms with Gasteiger partial charge < -0.3 is 10.1 Å². The van der Waals surface area contributed by atoms with Crippen LogP contribution in [-0.4, -0.2) is 17.6 Å². The first kappa shape index (κ1) is 14.6. The van der Waals surface area contributed by atoms with E-state index in [0.29, 0.717) is 6.54 Å². The predicted octanol–water partition coefficient (Wildman–Crippen LogP) is 2.65. The van der Waals surface area contributed by atoms with Crippen LogP contribution in [0.5, 0.6) is 0 Å². The highest BCUT2D eigenvalue weighted by Gasteiger charge is 2.21. The zero-order chi connectivity index (χ0) is 13.8. The fraction of sp³-hybridized carbons (Fsp3) is 0.500. The number of hydrogen-bond acceptors (Lipinski definition) is 3. The molecule has 0 aliphatic carbocycles. The molecule has 18 heavy (non-hydrogen) atoms. The van der Waals surface area contributed by atoms with E-state index in [2.05, 4.69) is 5.32 Å². The van der Waals surface area contributed by atoms with Crippen LogP contribution < -0.4 is 5.32 Å². The van der Waals surface area contributed by atoms with Crippen molar-refractivity contribution in [2.24, 2.45) is 0 Å². The maximum atomic E-state index is 13.0. The molecule has 0 radical (unpaired) electrons. The summed E-state index contributed by atoms with van der Waals surface area (Å²) in [7, 11) is 0. The third kappa shape index (κ3) is 5.27. The zero-order valence-electron chi connectivity index (χ0n) is 11.3. The number of esters is 1. The second-order valence-corrected chi connectivity index (χ2v) is 5.27. The van der Waals surface area contributed by atoms with Crippen LogP contribution in [-0.2, 0) is 16.1 Å². The van der Waals surface area contributed by atoms with Crippen molar-refractivity contribution in [3.63, 3.8) is 0 Å². The van der Waals surface area contributed by atoms with Crippen LogP contribution in [0.3, 0.4) is 0 Å². The average Bonchev–Trinajstić information content (AvgIpc) is 2.23. The fourth-order valence-corrected chi connectivity index (χ4v) is 1.39. The van der Waals surface area contributed by atoms with Gasteiger partial charge in [-0.1, -0.05) is 12.1 Å². The Bertz CT molecular complexity index is 413. The van der Waals surface area contributed by atoms with Gasteiger partial charge in [0.25, 0.3) is 0 Å². The Labute approximate surface area is 107 Å². The van der Waals surface area contributed by atoms with Crippen LogP contribution in [0.25, 0.3) is 0 Å². The van der Waals surface area contributed by atoms with Gasteiger partial charge in [0.15, 0.2) is 0 Å². The Balaban J connectivity index is 2.46. The van der Waals surface area contributed by atoms with Crippen molar-refractivity contribution in [3.05, 3.63) is 35.6 Å². The SMILES string of the molecule is CC(NCc1cccc(F)c1)C(=O)OC(C)(C)C. The number of rotatable bonds is 4. The molecule has 1 aromatic carbocycles. The minimum atomic E-state index is -0.494. The Morgan fingerprint density at radius 2 is 2.11 bits per heavy atom. The summed E-state index contributed by atoms with van der Waals surface area (Å²) in [6, 6.07) is 5.85. The summed E-state index contributed by atoms with van der Waals surface area (Å²) in [5.74, 6) is -0.585. The van der Waals surface area contributed by atoms with E-state index in [4.69, 9.17) is 4.74 Å². The van der Waals surface area contributed by atoms with Gasteiger partial charge in [-0.05, 0) is 45.4 Å². The second-order valence-electron chi connectivity index (χ2n) is 5.27. The van der Waals surface area contributed by atoms with Gasteiger partial charge in [-0.25, -0.2) is 4.39 Å². The first-order valence-corrected chi connectivity index (χ1v) is 5.98. The van der Waals surface area contributed by atoms with Crippen LogP contribution in [0.4, 0.5) is 4.39 Å². The molecule has 0 fully saturated rings. The summed E-state index contributed by atoms with van der Waals surface area (Å²) in [6.45, 7) is 7.63. The smallest absolute Gasteiger partial charge is 0.323 e. The molecule has 0 heterocycles. The summed E-state index contributed by atoms with van der Waals surface area (Å²) < 4.78 is 18.2. The molecular weight excluding hydrogens is 233 g/mol. The van der Waals surface area contributed by atoms with Gasteiger partial charge in [-0.2, -0.15) is 0 Å². The largest absolute Gasteiger partial charge is 0.459 e. The lowest BCUT2D eigenvalue weighted by molar-refractivity contribution is -0.157. The van der Waals surface area contributed by atoms with Crippen molar-refractivity contribution in [1.82, 2.24) is 5.32 Å². The fourth-order valence-electron chi connectivity index (χ4n) is 1.39. The van der Waals surface area contributed by atoms with E-state index in [0.717, 1.165) is 5.56 Å². The molecule has 0 saturated heterocycles. The second kappa shape index (κ2) is 5.96. The minimum Gasteiger partial charge on any atom is -0.459 e. The van der Waals surface area contributed by atoms with Gasteiger partial charge in [-0.3, -0.25) is 4.79 Å². The highest BCUT2D eigenvalue weighted by Crippen LogP contribution is 2.09. The number of carbonyl (C=O) groups is 1. The number of carbonyl (C=O) groups excluding carboxylic acids is 1. The van der Waals surface area contributed by atoms with E-state index in [1.807, 2.05) is 20.8 Å². The standard InChI is InChI=1S/C14H20FNO2/c1-10(13(17)18-14(2,3)4)16-9-11-6-5-7-12(15)8-11/h5-8,10,16H,9H2,1-4H3. The minimum absolute atomic E-state index is 0.278. The summed E-state index contributed by atoms with van der Waals surface area (Å²) in [6.07, 6.45) is 0. The number of benzene rings is 1. The van der Waals surface area contributed by atoms with Gasteiger partial charge in [0.1, 0.15) is 17.5 Å². The van der Waals surface area contributed by atoms with Gasteiger partial charge >= 0.3 is 5.97 Å². The molecule has 0 aliphatic rings. The lowest BCUT2D eigenvalue weighted by atomic mass is 10.2. The molecule has 0 saturated carbocycles. The molecule has 1 aromatic rings. The molecule has 0 amide bonds. The van der Waals surface area contributed by atoms with Gasteiger partial charge in [-0.15, -0.1) is 0 Å². The predicted molar refractivity (Wildman–Crippen MR) is 68.5 cm³/mol. The lowest BCUT2D eigenvalue weighted by Crippen LogP contribution is -2.38. The molecule has 4 heteroatoms. The monoisotopic (exact) mass is 253 g/mol. The van der Waals surface area contributed by atoms with Gasteiger partial charge in [0.05, 0.1) is 0 Å². The normalized spacial score (nSPS) is 13.2. The zero-order valence-corrected chi connectivity index (χ0v) is 11.3. The van der Waals surface area contributed by atoms with Gasteiger partial charge in [0.2, 0.25) is 0 Å². The molecule has 3 nitrogen and oxygen atoms in total. The summed E-state index contributed by atoms with van der Waals surface area (Å²) in [4.78, 5) is 11.7. The van der Waals surface area contributed by atoms with Crippen LogP contribution >= 0.6 is 0 Å². The molecule has 1 unspecified atom stereocenters. The molecule has 0 bridgehead atoms. The molecule has 1 atom stereocenters. The van der Waals surface area contributed by atoms with E-state index in [1.54, 1.807) is 19.1 Å². The average molecular weight is 253 g/mol. The third-order valence-electron chi connectivity index (χ3n) is 2.26. The molecule has 100 valence electrons. The van der Waals surface area contributed by atoms with E-state index >= 15 is 0 Å². The maximum Gasteiger partial charge on any atom is 0.323 e. The molecule has 1 rings (SSSR count). The molecular formula is C14H20FNO2. The Kier molecular flexibility index (Phi) is 4.84. The van der Waals surface area contributed by atoms with Crippen LogP contribution in [0.2, 0.25) is 0 Å². The van der Waals surface area contributed by atoms with Crippen molar-refractivity contribution in [3.8, 4) is 0 Å². The molecule has 1 N–H and O–H groups in total. The highest BCUT2D eigenvalue weighted by atomic mass is 19.1. The van der Waals surface area contributed by atoms with Crippen LogP contribution in [0, 0.1) is 5.82 Å². The third-order valence-corrected chi connectivity index (χ3v) is 2.26. The van der Waals surface area contributed by atoms with Crippen LogP contribution in [0.15, 0.2) is 24.3 Å². The molecule has 0 aliphatic heterocycles. The van der Waals surface area contributed by atoms with E-state index in [9.17, 15) is 9.18 Å². The molecule has 0 aromatic heterocycles. The van der Waals surface area contributed by atoms with E-state index in [1.165, 1.54) is 12.1 Å². The topological polar surface area (TPSA) is 38.3 Å². The van der Waals surface area contributed by atoms with E-state index in [-0.39, 0.29) is 11.8 Å².